The van der Waals surface area contributed by atoms with Gasteiger partial charge in [0.15, 0.2) is 6.61 Å². The molecular weight excluding hydrogens is 416 g/mol. The molecule has 2 atom stereocenters. The summed E-state index contributed by atoms with van der Waals surface area (Å²) in [4.78, 5) is 40.6. The molecule has 2 aliphatic rings. The smallest absolute Gasteiger partial charge is 0.407 e. The Balaban J connectivity index is 1.36. The molecule has 2 aromatic carbocycles. The second-order valence-corrected chi connectivity index (χ2v) is 7.72. The van der Waals surface area contributed by atoms with E-state index in [9.17, 15) is 14.4 Å². The van der Waals surface area contributed by atoms with E-state index >= 15 is 0 Å². The van der Waals surface area contributed by atoms with E-state index in [4.69, 9.17) is 19.4 Å². The van der Waals surface area contributed by atoms with E-state index in [1.54, 1.807) is 0 Å². The molecule has 9 heteroatoms. The van der Waals surface area contributed by atoms with Crippen LogP contribution in [0.5, 0.6) is 0 Å². The number of nitrogens with one attached hydrogen (secondary N) is 1. The lowest BCUT2D eigenvalue weighted by molar-refractivity contribution is -0.189. The van der Waals surface area contributed by atoms with Crippen LogP contribution in [-0.4, -0.2) is 67.7 Å². The molecule has 0 bridgehead atoms. The number of carboxylic acids is 1. The molecule has 2 aromatic rings. The van der Waals surface area contributed by atoms with Crippen LogP contribution >= 0.6 is 0 Å². The predicted molar refractivity (Wildman–Crippen MR) is 113 cm³/mol. The molecule has 1 heterocycles. The van der Waals surface area contributed by atoms with Crippen molar-refractivity contribution in [2.24, 2.45) is 5.92 Å². The van der Waals surface area contributed by atoms with E-state index in [1.165, 1.54) is 7.05 Å². The Kier molecular flexibility index (Phi) is 6.38. The maximum Gasteiger partial charge on any atom is 0.407 e. The van der Waals surface area contributed by atoms with Crippen LogP contribution in [0.3, 0.4) is 0 Å². The fourth-order valence-corrected chi connectivity index (χ4v) is 4.18. The van der Waals surface area contributed by atoms with Crippen LogP contribution in [0.1, 0.15) is 17.0 Å². The van der Waals surface area contributed by atoms with Gasteiger partial charge in [-0.15, -0.1) is 0 Å². The molecule has 0 spiro atoms. The lowest BCUT2D eigenvalue weighted by Gasteiger charge is -2.23. The van der Waals surface area contributed by atoms with Gasteiger partial charge in [0.05, 0.1) is 25.2 Å². The lowest BCUT2D eigenvalue weighted by atomic mass is 9.98. The number of rotatable bonds is 7. The molecule has 1 fully saturated rings. The first-order valence-electron chi connectivity index (χ1n) is 10.3. The van der Waals surface area contributed by atoms with Crippen LogP contribution in [0.2, 0.25) is 0 Å². The average molecular weight is 440 g/mol. The molecule has 2 amide bonds. The predicted octanol–water partition coefficient (Wildman–Crippen LogP) is 2.01. The van der Waals surface area contributed by atoms with E-state index in [0.717, 1.165) is 27.3 Å². The van der Waals surface area contributed by atoms with E-state index in [2.05, 4.69) is 17.4 Å². The lowest BCUT2D eigenvalue weighted by Crippen LogP contribution is -2.47. The number of alkyl carbamates (subject to hydrolysis) is 1. The molecular formula is C23H24N2O7. The fraction of sp³-hybridized carbons (Fsp3) is 0.348. The van der Waals surface area contributed by atoms with Crippen molar-refractivity contribution in [3.8, 4) is 11.1 Å². The van der Waals surface area contributed by atoms with Gasteiger partial charge in [0, 0.05) is 13.0 Å². The van der Waals surface area contributed by atoms with Gasteiger partial charge in [0.1, 0.15) is 6.61 Å². The SMILES string of the molecule is CN(OCC(=O)O)C(=O)C1COCC1NC(=O)OCC1c2ccccc2-c2ccccc21. The van der Waals surface area contributed by atoms with Crippen LogP contribution in [0, 0.1) is 5.92 Å². The zero-order valence-corrected chi connectivity index (χ0v) is 17.5. The summed E-state index contributed by atoms with van der Waals surface area (Å²) < 4.78 is 10.9. The molecule has 1 aliphatic heterocycles. The summed E-state index contributed by atoms with van der Waals surface area (Å²) in [6.45, 7) is -0.241. The highest BCUT2D eigenvalue weighted by atomic mass is 16.7. The third kappa shape index (κ3) is 4.44. The monoisotopic (exact) mass is 440 g/mol. The number of amides is 2. The number of hydrogen-bond donors (Lipinski definition) is 2. The van der Waals surface area contributed by atoms with Crippen molar-refractivity contribution >= 4 is 18.0 Å². The van der Waals surface area contributed by atoms with Crippen molar-refractivity contribution in [1.82, 2.24) is 10.4 Å². The van der Waals surface area contributed by atoms with Crippen LogP contribution in [0.25, 0.3) is 11.1 Å². The maximum absolute atomic E-state index is 12.5. The minimum absolute atomic E-state index is 0.0686. The highest BCUT2D eigenvalue weighted by molar-refractivity contribution is 5.81. The Hall–Kier alpha value is -3.43. The van der Waals surface area contributed by atoms with Crippen molar-refractivity contribution in [2.75, 3.05) is 33.5 Å². The summed E-state index contributed by atoms with van der Waals surface area (Å²) in [5.74, 6) is -2.44. The Morgan fingerprint density at radius 3 is 2.31 bits per heavy atom. The van der Waals surface area contributed by atoms with Crippen molar-refractivity contribution in [2.45, 2.75) is 12.0 Å². The number of nitrogens with zero attached hydrogens (tertiary/aromatic N) is 1. The Morgan fingerprint density at radius 1 is 1.06 bits per heavy atom. The molecule has 0 aromatic heterocycles. The number of carbonyl (C=O) groups excluding carboxylic acids is 2. The molecule has 1 saturated heterocycles. The summed E-state index contributed by atoms with van der Waals surface area (Å²) in [6.07, 6.45) is -0.644. The largest absolute Gasteiger partial charge is 0.479 e. The minimum atomic E-state index is -1.19. The van der Waals surface area contributed by atoms with Gasteiger partial charge in [-0.25, -0.2) is 14.7 Å². The second kappa shape index (κ2) is 9.37. The number of hydroxylamine groups is 2. The van der Waals surface area contributed by atoms with Crippen LogP contribution in [-0.2, 0) is 23.9 Å². The van der Waals surface area contributed by atoms with E-state index in [1.807, 2.05) is 36.4 Å². The van der Waals surface area contributed by atoms with Crippen molar-refractivity contribution in [1.29, 1.82) is 0 Å². The standard InChI is InChI=1S/C23H24N2O7/c1-25(32-13-21(26)27)22(28)19-10-30-12-20(19)24-23(29)31-11-18-16-8-4-2-6-14(16)15-7-3-5-9-17(15)18/h2-9,18-20H,10-13H2,1H3,(H,24,29)(H,26,27). The summed E-state index contributed by atoms with van der Waals surface area (Å²) in [7, 11) is 1.33. The molecule has 32 heavy (non-hydrogen) atoms. The Morgan fingerprint density at radius 2 is 1.69 bits per heavy atom. The second-order valence-electron chi connectivity index (χ2n) is 7.72. The number of hydrogen-bond acceptors (Lipinski definition) is 6. The zero-order chi connectivity index (χ0) is 22.7. The third-order valence-corrected chi connectivity index (χ3v) is 5.74. The maximum atomic E-state index is 12.5. The normalized spacial score (nSPS) is 19.2. The van der Waals surface area contributed by atoms with Gasteiger partial charge in [-0.1, -0.05) is 48.5 Å². The molecule has 1 aliphatic carbocycles. The molecule has 0 saturated carbocycles. The Bertz CT molecular complexity index is 979. The fourth-order valence-electron chi connectivity index (χ4n) is 4.18. The number of benzene rings is 2. The van der Waals surface area contributed by atoms with Crippen LogP contribution in [0.15, 0.2) is 48.5 Å². The third-order valence-electron chi connectivity index (χ3n) is 5.74. The van der Waals surface area contributed by atoms with Crippen molar-refractivity contribution in [3.05, 3.63) is 59.7 Å². The average Bonchev–Trinajstić information content (AvgIpc) is 3.38. The number of aliphatic carboxylic acids is 1. The molecule has 2 N–H and O–H groups in total. The molecule has 168 valence electrons. The zero-order valence-electron chi connectivity index (χ0n) is 17.5. The summed E-state index contributed by atoms with van der Waals surface area (Å²) in [6, 6.07) is 15.5. The van der Waals surface area contributed by atoms with Gasteiger partial charge in [-0.3, -0.25) is 9.63 Å². The van der Waals surface area contributed by atoms with Crippen molar-refractivity contribution in [3.63, 3.8) is 0 Å². The first kappa shape index (κ1) is 21.8. The first-order valence-corrected chi connectivity index (χ1v) is 10.3. The van der Waals surface area contributed by atoms with Crippen molar-refractivity contribution < 1.29 is 33.8 Å². The van der Waals surface area contributed by atoms with Gasteiger partial charge in [0.25, 0.3) is 5.91 Å². The van der Waals surface area contributed by atoms with Gasteiger partial charge < -0.3 is 19.9 Å². The number of carbonyl (C=O) groups is 3. The molecule has 9 nitrogen and oxygen atoms in total. The first-order chi connectivity index (χ1) is 15.5. The van der Waals surface area contributed by atoms with Crippen LogP contribution in [0.4, 0.5) is 4.79 Å². The van der Waals surface area contributed by atoms with Gasteiger partial charge in [0.2, 0.25) is 0 Å². The van der Waals surface area contributed by atoms with Gasteiger partial charge in [-0.05, 0) is 22.3 Å². The highest BCUT2D eigenvalue weighted by Gasteiger charge is 2.38. The van der Waals surface area contributed by atoms with Crippen LogP contribution < -0.4 is 5.32 Å². The van der Waals surface area contributed by atoms with E-state index in [-0.39, 0.29) is 25.7 Å². The number of fused-ring (bicyclic) bond motifs is 3. The Labute approximate surface area is 184 Å². The summed E-state index contributed by atoms with van der Waals surface area (Å²) in [5.41, 5.74) is 4.49. The molecule has 2 unspecified atom stereocenters. The number of carboxylic acid groups (broad SMARTS) is 1. The van der Waals surface area contributed by atoms with E-state index < -0.39 is 36.5 Å². The molecule has 0 radical (unpaired) electrons. The minimum Gasteiger partial charge on any atom is -0.479 e. The molecule has 4 rings (SSSR count). The summed E-state index contributed by atoms with van der Waals surface area (Å²) in [5, 5.41) is 12.2. The van der Waals surface area contributed by atoms with Gasteiger partial charge in [-0.2, -0.15) is 0 Å². The topological polar surface area (TPSA) is 114 Å². The van der Waals surface area contributed by atoms with E-state index in [0.29, 0.717) is 0 Å². The van der Waals surface area contributed by atoms with Gasteiger partial charge >= 0.3 is 12.1 Å². The summed E-state index contributed by atoms with van der Waals surface area (Å²) >= 11 is 0. The quantitative estimate of drug-likeness (QED) is 0.633. The number of ether oxygens (including phenoxy) is 2. The highest BCUT2D eigenvalue weighted by Crippen LogP contribution is 2.44.